The minimum Gasteiger partial charge on any atom is -0.454 e. The predicted octanol–water partition coefficient (Wildman–Crippen LogP) is 2.53. The van der Waals surface area contributed by atoms with Gasteiger partial charge in [-0.25, -0.2) is 13.1 Å². The molecule has 0 amide bonds. The zero-order valence-electron chi connectivity index (χ0n) is 14.4. The number of nitrogens with one attached hydrogen (secondary N) is 1. The Morgan fingerprint density at radius 1 is 1.00 bits per heavy atom. The number of nitrogens with zero attached hydrogens (tertiary/aromatic N) is 1. The van der Waals surface area contributed by atoms with Crippen molar-refractivity contribution in [3.05, 3.63) is 54.1 Å². The first-order valence-electron chi connectivity index (χ1n) is 8.82. The minimum atomic E-state index is -3.54. The molecule has 0 aromatic heterocycles. The average Bonchev–Trinajstić information content (AvgIpc) is 3.34. The molecule has 2 aromatic carbocycles. The van der Waals surface area contributed by atoms with E-state index in [-0.39, 0.29) is 17.7 Å². The maximum atomic E-state index is 12.6. The molecule has 0 bridgehead atoms. The van der Waals surface area contributed by atoms with Crippen molar-refractivity contribution >= 4 is 10.0 Å². The second-order valence-corrected chi connectivity index (χ2v) is 8.30. The molecule has 0 aliphatic carbocycles. The molecule has 7 heteroatoms. The predicted molar refractivity (Wildman–Crippen MR) is 97.7 cm³/mol. The van der Waals surface area contributed by atoms with E-state index < -0.39 is 10.0 Å². The van der Waals surface area contributed by atoms with Crippen LogP contribution in [-0.2, 0) is 10.0 Å². The van der Waals surface area contributed by atoms with Crippen molar-refractivity contribution in [3.63, 3.8) is 0 Å². The Balaban J connectivity index is 1.56. The van der Waals surface area contributed by atoms with E-state index in [1.54, 1.807) is 30.3 Å². The number of hydrogen-bond donors (Lipinski definition) is 1. The molecule has 2 aromatic rings. The summed E-state index contributed by atoms with van der Waals surface area (Å²) in [4.78, 5) is 2.61. The minimum absolute atomic E-state index is 0.0366. The first-order valence-corrected chi connectivity index (χ1v) is 10.3. The van der Waals surface area contributed by atoms with Gasteiger partial charge in [0.15, 0.2) is 11.5 Å². The Hall–Kier alpha value is -2.09. The maximum absolute atomic E-state index is 12.6. The summed E-state index contributed by atoms with van der Waals surface area (Å²) in [5.41, 5.74) is 1.03. The molecule has 6 nitrogen and oxygen atoms in total. The van der Waals surface area contributed by atoms with Gasteiger partial charge in [0.1, 0.15) is 0 Å². The van der Waals surface area contributed by atoms with E-state index in [1.807, 2.05) is 18.2 Å². The molecule has 0 radical (unpaired) electrons. The molecule has 1 N–H and O–H groups in total. The fourth-order valence-corrected chi connectivity index (χ4v) is 4.56. The van der Waals surface area contributed by atoms with Gasteiger partial charge in [-0.3, -0.25) is 4.90 Å². The molecule has 2 aliphatic rings. The van der Waals surface area contributed by atoms with E-state index in [1.165, 1.54) is 0 Å². The smallest absolute Gasteiger partial charge is 0.240 e. The lowest BCUT2D eigenvalue weighted by Gasteiger charge is -2.28. The molecular weight excluding hydrogens is 352 g/mol. The van der Waals surface area contributed by atoms with Crippen LogP contribution >= 0.6 is 0 Å². The van der Waals surface area contributed by atoms with Crippen LogP contribution in [0.25, 0.3) is 0 Å². The summed E-state index contributed by atoms with van der Waals surface area (Å²) < 4.78 is 38.8. The summed E-state index contributed by atoms with van der Waals surface area (Å²) in [5, 5.41) is 0. The molecule has 138 valence electrons. The molecule has 2 aliphatic heterocycles. The second-order valence-electron chi connectivity index (χ2n) is 6.54. The molecule has 4 rings (SSSR count). The maximum Gasteiger partial charge on any atom is 0.240 e. The Morgan fingerprint density at radius 3 is 2.50 bits per heavy atom. The number of benzene rings is 2. The van der Waals surface area contributed by atoms with Crippen LogP contribution in [-0.4, -0.2) is 39.7 Å². The summed E-state index contributed by atoms with van der Waals surface area (Å²) in [6, 6.07) is 14.3. The second kappa shape index (κ2) is 7.26. The zero-order valence-corrected chi connectivity index (χ0v) is 15.2. The lowest BCUT2D eigenvalue weighted by atomic mass is 10.1. The zero-order chi connectivity index (χ0) is 18.0. The van der Waals surface area contributed by atoms with Gasteiger partial charge in [-0.05, 0) is 55.8 Å². The van der Waals surface area contributed by atoms with Crippen LogP contribution in [0.3, 0.4) is 0 Å². The third-order valence-electron chi connectivity index (χ3n) is 4.88. The summed E-state index contributed by atoms with van der Waals surface area (Å²) in [6.07, 6.45) is 2.26. The highest BCUT2D eigenvalue weighted by Crippen LogP contribution is 2.36. The Morgan fingerprint density at radius 2 is 1.73 bits per heavy atom. The molecule has 1 fully saturated rings. The Bertz CT molecular complexity index is 864. The largest absolute Gasteiger partial charge is 0.454 e. The third kappa shape index (κ3) is 3.56. The van der Waals surface area contributed by atoms with E-state index in [4.69, 9.17) is 9.47 Å². The molecule has 0 unspecified atom stereocenters. The molecule has 26 heavy (non-hydrogen) atoms. The fourth-order valence-electron chi connectivity index (χ4n) is 3.50. The van der Waals surface area contributed by atoms with Crippen molar-refractivity contribution in [1.82, 2.24) is 9.62 Å². The number of likely N-dealkylation sites (tertiary alicyclic amines) is 1. The van der Waals surface area contributed by atoms with Gasteiger partial charge in [0.05, 0.1) is 4.90 Å². The van der Waals surface area contributed by atoms with E-state index in [0.29, 0.717) is 6.54 Å². The summed E-state index contributed by atoms with van der Waals surface area (Å²) in [5.74, 6) is 1.46. The van der Waals surface area contributed by atoms with Gasteiger partial charge in [0.25, 0.3) is 0 Å². The van der Waals surface area contributed by atoms with Gasteiger partial charge >= 0.3 is 0 Å². The van der Waals surface area contributed by atoms with Crippen LogP contribution in [0.1, 0.15) is 24.4 Å². The number of hydrogen-bond acceptors (Lipinski definition) is 5. The highest BCUT2D eigenvalue weighted by Gasteiger charge is 2.27. The lowest BCUT2D eigenvalue weighted by Crippen LogP contribution is -2.36. The first kappa shape index (κ1) is 17.3. The van der Waals surface area contributed by atoms with Gasteiger partial charge in [0.2, 0.25) is 16.8 Å². The molecular formula is C19H22N2O4S. The van der Waals surface area contributed by atoms with Gasteiger partial charge in [-0.15, -0.1) is 0 Å². The van der Waals surface area contributed by atoms with Crippen molar-refractivity contribution in [2.24, 2.45) is 0 Å². The number of ether oxygens (including phenoxy) is 2. The van der Waals surface area contributed by atoms with Crippen molar-refractivity contribution in [2.75, 3.05) is 26.4 Å². The monoisotopic (exact) mass is 374 g/mol. The van der Waals surface area contributed by atoms with Gasteiger partial charge in [-0.2, -0.15) is 0 Å². The SMILES string of the molecule is O=S(=O)(NC[C@H](c1ccc2c(c1)OCO2)N1CCCC1)c1ccccc1. The molecule has 0 saturated carbocycles. The third-order valence-corrected chi connectivity index (χ3v) is 6.32. The molecule has 2 heterocycles. The highest BCUT2D eigenvalue weighted by molar-refractivity contribution is 7.89. The van der Waals surface area contributed by atoms with Crippen molar-refractivity contribution in [3.8, 4) is 11.5 Å². The van der Waals surface area contributed by atoms with Crippen LogP contribution in [0.5, 0.6) is 11.5 Å². The Kier molecular flexibility index (Phi) is 4.84. The van der Waals surface area contributed by atoms with Crippen LogP contribution < -0.4 is 14.2 Å². The summed E-state index contributed by atoms with van der Waals surface area (Å²) >= 11 is 0. The lowest BCUT2D eigenvalue weighted by molar-refractivity contribution is 0.173. The standard InChI is InChI=1S/C19H22N2O4S/c22-26(23,16-6-2-1-3-7-16)20-13-17(21-10-4-5-11-21)15-8-9-18-19(12-15)25-14-24-18/h1-3,6-9,12,17,20H,4-5,10-11,13-14H2/t17-/m1/s1. The van der Waals surface area contributed by atoms with E-state index in [0.717, 1.165) is 43.0 Å². The fraction of sp³-hybridized carbons (Fsp3) is 0.368. The quantitative estimate of drug-likeness (QED) is 0.842. The van der Waals surface area contributed by atoms with Gasteiger partial charge < -0.3 is 9.47 Å². The van der Waals surface area contributed by atoms with Crippen LogP contribution in [0.15, 0.2) is 53.4 Å². The normalized spacial score (nSPS) is 18.2. The molecule has 1 saturated heterocycles. The van der Waals surface area contributed by atoms with Crippen molar-refractivity contribution in [1.29, 1.82) is 0 Å². The van der Waals surface area contributed by atoms with E-state index >= 15 is 0 Å². The number of fused-ring (bicyclic) bond motifs is 1. The van der Waals surface area contributed by atoms with Crippen LogP contribution in [0.2, 0.25) is 0 Å². The van der Waals surface area contributed by atoms with Crippen LogP contribution in [0, 0.1) is 0 Å². The number of rotatable bonds is 6. The molecule has 0 spiro atoms. The van der Waals surface area contributed by atoms with Gasteiger partial charge in [-0.1, -0.05) is 24.3 Å². The molecule has 1 atom stereocenters. The first-order chi connectivity index (χ1) is 12.6. The highest BCUT2D eigenvalue weighted by atomic mass is 32.2. The Labute approximate surface area is 153 Å². The van der Waals surface area contributed by atoms with Crippen molar-refractivity contribution in [2.45, 2.75) is 23.8 Å². The van der Waals surface area contributed by atoms with Crippen molar-refractivity contribution < 1.29 is 17.9 Å². The summed E-state index contributed by atoms with van der Waals surface area (Å²) in [7, 11) is -3.54. The summed E-state index contributed by atoms with van der Waals surface area (Å²) in [6.45, 7) is 2.48. The number of sulfonamides is 1. The van der Waals surface area contributed by atoms with E-state index in [2.05, 4.69) is 9.62 Å². The topological polar surface area (TPSA) is 67.9 Å². The van der Waals surface area contributed by atoms with Crippen LogP contribution in [0.4, 0.5) is 0 Å². The van der Waals surface area contributed by atoms with Gasteiger partial charge in [0, 0.05) is 12.6 Å². The average molecular weight is 374 g/mol. The van der Waals surface area contributed by atoms with E-state index in [9.17, 15) is 8.42 Å².